The quantitative estimate of drug-likeness (QED) is 0.0624. The van der Waals surface area contributed by atoms with Crippen molar-refractivity contribution in [2.24, 2.45) is 5.11 Å². The lowest BCUT2D eigenvalue weighted by molar-refractivity contribution is -0.130. The average molecular weight is 712 g/mol. The first kappa shape index (κ1) is 38.9. The highest BCUT2D eigenvalue weighted by atomic mass is 28.4. The number of carbonyl (C=O) groups is 3. The minimum Gasteiger partial charge on any atom is -0.447 e. The van der Waals surface area contributed by atoms with E-state index in [9.17, 15) is 19.9 Å². The first-order valence-electron chi connectivity index (χ1n) is 17.2. The van der Waals surface area contributed by atoms with Gasteiger partial charge in [-0.2, -0.15) is 0 Å². The minimum atomic E-state index is -2.93. The molecular formula is C39H49N5O6Si. The maximum Gasteiger partial charge on any atom is 0.416 e. The summed E-state index contributed by atoms with van der Waals surface area (Å²) in [6.07, 6.45) is 3.14. The predicted octanol–water partition coefficient (Wildman–Crippen LogP) is 7.06. The molecule has 0 spiro atoms. The molecule has 0 bridgehead atoms. The van der Waals surface area contributed by atoms with E-state index >= 15 is 0 Å². The van der Waals surface area contributed by atoms with Gasteiger partial charge in [0.15, 0.2) is 0 Å². The minimum absolute atomic E-state index is 0.0612. The fourth-order valence-electron chi connectivity index (χ4n) is 6.32. The first-order valence-corrected chi connectivity index (χ1v) is 19.1. The lowest BCUT2D eigenvalue weighted by atomic mass is 10.0. The van der Waals surface area contributed by atoms with E-state index in [4.69, 9.17) is 13.9 Å². The molecular weight excluding hydrogens is 663 g/mol. The van der Waals surface area contributed by atoms with E-state index < -0.39 is 50.1 Å². The zero-order chi connectivity index (χ0) is 37.1. The Kier molecular flexibility index (Phi) is 13.2. The van der Waals surface area contributed by atoms with Crippen LogP contribution in [0.15, 0.2) is 108 Å². The Bertz CT molecular complexity index is 1650. The second-order valence-corrected chi connectivity index (χ2v) is 18.9. The number of hydrogen-bond donors (Lipinski definition) is 1. The molecule has 0 aliphatic carbocycles. The van der Waals surface area contributed by atoms with Crippen molar-refractivity contribution in [3.63, 3.8) is 0 Å². The van der Waals surface area contributed by atoms with Gasteiger partial charge in [0.2, 0.25) is 5.91 Å². The van der Waals surface area contributed by atoms with Gasteiger partial charge < -0.3 is 19.2 Å². The third-order valence-corrected chi connectivity index (χ3v) is 13.6. The number of hydrogen-bond acceptors (Lipinski definition) is 7. The van der Waals surface area contributed by atoms with Crippen molar-refractivity contribution < 1.29 is 28.3 Å². The summed E-state index contributed by atoms with van der Waals surface area (Å²) in [5, 5.41) is 8.62. The number of ether oxygens (including phenoxy) is 2. The average Bonchev–Trinajstić information content (AvgIpc) is 3.45. The molecule has 3 amide bonds. The van der Waals surface area contributed by atoms with Crippen LogP contribution in [0.1, 0.15) is 59.9 Å². The molecule has 0 radical (unpaired) electrons. The summed E-state index contributed by atoms with van der Waals surface area (Å²) < 4.78 is 17.9. The van der Waals surface area contributed by atoms with Crippen LogP contribution in [0, 0.1) is 0 Å². The molecule has 0 aromatic heterocycles. The number of alkyl carbamates (subject to hydrolysis) is 1. The van der Waals surface area contributed by atoms with Crippen LogP contribution in [-0.2, 0) is 25.1 Å². The molecule has 51 heavy (non-hydrogen) atoms. The van der Waals surface area contributed by atoms with Crippen molar-refractivity contribution in [1.82, 2.24) is 10.2 Å². The number of rotatable bonds is 14. The van der Waals surface area contributed by atoms with Crippen LogP contribution in [0.5, 0.6) is 0 Å². The van der Waals surface area contributed by atoms with E-state index in [2.05, 4.69) is 60.4 Å². The predicted molar refractivity (Wildman–Crippen MR) is 200 cm³/mol. The smallest absolute Gasteiger partial charge is 0.416 e. The second kappa shape index (κ2) is 17.3. The van der Waals surface area contributed by atoms with Crippen LogP contribution < -0.4 is 15.7 Å². The maximum absolute atomic E-state index is 13.6. The van der Waals surface area contributed by atoms with Crippen LogP contribution in [0.25, 0.3) is 10.4 Å². The molecule has 0 saturated carbocycles. The summed E-state index contributed by atoms with van der Waals surface area (Å²) in [5.74, 6) is -0.608. The summed E-state index contributed by atoms with van der Waals surface area (Å²) in [6, 6.07) is 27.7. The monoisotopic (exact) mass is 711 g/mol. The van der Waals surface area contributed by atoms with Crippen molar-refractivity contribution in [2.45, 2.75) is 89.6 Å². The van der Waals surface area contributed by atoms with Crippen molar-refractivity contribution in [1.29, 1.82) is 0 Å². The summed E-state index contributed by atoms with van der Waals surface area (Å²) in [5.41, 5.74) is 9.55. The molecule has 1 aliphatic rings. The van der Waals surface area contributed by atoms with E-state index in [1.165, 1.54) is 0 Å². The number of benzene rings is 3. The fraction of sp³-hybridized carbons (Fsp3) is 0.410. The van der Waals surface area contributed by atoms with Crippen LogP contribution >= 0.6 is 0 Å². The molecule has 3 aromatic rings. The molecule has 1 fully saturated rings. The summed E-state index contributed by atoms with van der Waals surface area (Å²) in [6.45, 7) is 12.1. The topological polar surface area (TPSA) is 143 Å². The van der Waals surface area contributed by atoms with Gasteiger partial charge in [0, 0.05) is 4.91 Å². The molecule has 4 rings (SSSR count). The summed E-state index contributed by atoms with van der Waals surface area (Å²) in [4.78, 5) is 43.2. The Labute approximate surface area is 301 Å². The van der Waals surface area contributed by atoms with Crippen LogP contribution in [-0.4, -0.2) is 68.3 Å². The first-order chi connectivity index (χ1) is 24.2. The van der Waals surface area contributed by atoms with Crippen LogP contribution in [0.2, 0.25) is 5.04 Å². The van der Waals surface area contributed by atoms with Gasteiger partial charge in [-0.15, -0.1) is 0 Å². The van der Waals surface area contributed by atoms with E-state index in [0.717, 1.165) is 20.8 Å². The fourth-order valence-corrected chi connectivity index (χ4v) is 10.9. The van der Waals surface area contributed by atoms with Gasteiger partial charge in [-0.25, -0.2) is 14.5 Å². The van der Waals surface area contributed by atoms with Crippen LogP contribution in [0.4, 0.5) is 9.59 Å². The summed E-state index contributed by atoms with van der Waals surface area (Å²) >= 11 is 0. The van der Waals surface area contributed by atoms with Crippen molar-refractivity contribution >= 4 is 36.8 Å². The van der Waals surface area contributed by atoms with E-state index in [0.29, 0.717) is 12.8 Å². The number of carbonyl (C=O) groups excluding carboxylic acids is 3. The number of allylic oxidation sites excluding steroid dienone is 1. The second-order valence-electron chi connectivity index (χ2n) is 14.6. The van der Waals surface area contributed by atoms with Gasteiger partial charge in [0.25, 0.3) is 8.32 Å². The molecule has 3 atom stereocenters. The number of nitrogens with one attached hydrogen (secondary N) is 1. The molecule has 1 aliphatic heterocycles. The Morgan fingerprint density at radius 3 is 2.08 bits per heavy atom. The van der Waals surface area contributed by atoms with Gasteiger partial charge in [0.1, 0.15) is 18.2 Å². The largest absolute Gasteiger partial charge is 0.447 e. The Balaban J connectivity index is 1.55. The molecule has 270 valence electrons. The highest BCUT2D eigenvalue weighted by molar-refractivity contribution is 6.99. The van der Waals surface area contributed by atoms with E-state index in [1.54, 1.807) is 20.8 Å². The number of amides is 3. The van der Waals surface area contributed by atoms with Crippen molar-refractivity contribution in [3.8, 4) is 0 Å². The van der Waals surface area contributed by atoms with Gasteiger partial charge in [-0.05, 0) is 66.5 Å². The zero-order valence-corrected chi connectivity index (χ0v) is 31.3. The van der Waals surface area contributed by atoms with Gasteiger partial charge >= 0.3 is 12.2 Å². The highest BCUT2D eigenvalue weighted by Crippen LogP contribution is 2.37. The molecule has 3 aromatic carbocycles. The lowest BCUT2D eigenvalue weighted by Crippen LogP contribution is -2.67. The molecule has 1 N–H and O–H groups in total. The zero-order valence-electron chi connectivity index (χ0n) is 30.3. The summed E-state index contributed by atoms with van der Waals surface area (Å²) in [7, 11) is -2.93. The molecule has 11 nitrogen and oxygen atoms in total. The Morgan fingerprint density at radius 2 is 1.55 bits per heavy atom. The number of cyclic esters (lactones) is 1. The van der Waals surface area contributed by atoms with Gasteiger partial charge in [0.05, 0.1) is 18.7 Å². The van der Waals surface area contributed by atoms with Gasteiger partial charge in [-0.3, -0.25) is 4.79 Å². The SMILES string of the molecule is CC(C)(C)OC(=O)N[C@H](/C=C\CC[C@H](N=[N+]=[N-])C(=O)N1C(=O)OC[C@@H]1Cc1ccccc1)CO[Si](c1ccccc1)(c1ccccc1)C(C)(C)C. The number of nitrogens with zero attached hydrogens (tertiary/aromatic N) is 4. The molecule has 12 heteroatoms. The van der Waals surface area contributed by atoms with Crippen LogP contribution in [0.3, 0.4) is 0 Å². The molecule has 0 unspecified atom stereocenters. The number of imide groups is 1. The van der Waals surface area contributed by atoms with Crippen molar-refractivity contribution in [3.05, 3.63) is 119 Å². The van der Waals surface area contributed by atoms with Crippen molar-refractivity contribution in [2.75, 3.05) is 13.2 Å². The molecule has 1 heterocycles. The third kappa shape index (κ3) is 10.3. The van der Waals surface area contributed by atoms with Gasteiger partial charge in [-0.1, -0.05) is 129 Å². The molecule has 1 saturated heterocycles. The number of azide groups is 1. The lowest BCUT2D eigenvalue weighted by Gasteiger charge is -2.43. The Morgan fingerprint density at radius 1 is 0.980 bits per heavy atom. The van der Waals surface area contributed by atoms with E-state index in [-0.39, 0.29) is 24.7 Å². The van der Waals surface area contributed by atoms with E-state index in [1.807, 2.05) is 78.9 Å². The Hall–Kier alpha value is -4.90. The third-order valence-electron chi connectivity index (χ3n) is 8.56. The highest BCUT2D eigenvalue weighted by Gasteiger charge is 2.50. The maximum atomic E-state index is 13.6. The standard InChI is InChI=1S/C39H49N5O6Si/c1-38(2,3)50-36(46)41-30(27-49-51(39(4,5)6,32-21-12-8-13-22-32)33-23-14-9-15-24-33)20-16-17-25-34(42-43-40)35(45)44-31(28-48-37(44)47)26-29-18-10-7-11-19-29/h7-16,18-24,30-31,34H,17,25-28H2,1-6H3,(H,41,46)/b20-16-/t30-,31+,34+/m1/s1. The normalized spacial score (nSPS) is 16.2.